The first-order valence-electron chi connectivity index (χ1n) is 11.1. The number of nitrogens with zero attached hydrogens (tertiary/aromatic N) is 6. The molecular weight excluding hydrogens is 402 g/mol. The van der Waals surface area contributed by atoms with Crippen LogP contribution in [0.25, 0.3) is 33.7 Å². The summed E-state index contributed by atoms with van der Waals surface area (Å²) in [6.45, 7) is 7.78. The van der Waals surface area contributed by atoms with E-state index in [1.165, 1.54) is 0 Å². The van der Waals surface area contributed by atoms with Gasteiger partial charge in [-0.25, -0.2) is 4.98 Å². The van der Waals surface area contributed by atoms with E-state index in [0.717, 1.165) is 84.5 Å². The number of morpholine rings is 1. The van der Waals surface area contributed by atoms with E-state index in [9.17, 15) is 0 Å². The lowest BCUT2D eigenvalue weighted by Gasteiger charge is -2.47. The average Bonchev–Trinajstić information content (AvgIpc) is 3.28. The number of aromatic nitrogens is 5. The molecule has 2 aliphatic heterocycles. The number of hydrogen-bond acceptors (Lipinski definition) is 7. The topological polar surface area (TPSA) is 83.1 Å². The van der Waals surface area contributed by atoms with Gasteiger partial charge in [0.15, 0.2) is 0 Å². The normalized spacial score (nSPS) is 17.6. The lowest BCUT2D eigenvalue weighted by Crippen LogP contribution is -2.61. The molecule has 162 valence electrons. The van der Waals surface area contributed by atoms with Crippen LogP contribution in [0.4, 0.5) is 5.69 Å². The minimum atomic E-state index is 0.601. The minimum absolute atomic E-state index is 0.601. The number of aromatic amines is 1. The largest absolute Gasteiger partial charge is 0.379 e. The van der Waals surface area contributed by atoms with Gasteiger partial charge in [0, 0.05) is 43.5 Å². The van der Waals surface area contributed by atoms with Crippen molar-refractivity contribution >= 4 is 16.7 Å². The molecule has 6 heterocycles. The molecule has 0 unspecified atom stereocenters. The van der Waals surface area contributed by atoms with Crippen LogP contribution >= 0.6 is 0 Å². The Hall–Kier alpha value is -3.36. The van der Waals surface area contributed by atoms with Crippen LogP contribution in [0.3, 0.4) is 0 Å². The second-order valence-corrected chi connectivity index (χ2v) is 8.46. The molecule has 0 spiro atoms. The number of hydrogen-bond donors (Lipinski definition) is 1. The Balaban J connectivity index is 1.27. The summed E-state index contributed by atoms with van der Waals surface area (Å²) in [7, 11) is 0. The second kappa shape index (κ2) is 7.96. The molecule has 0 bridgehead atoms. The molecule has 2 saturated heterocycles. The van der Waals surface area contributed by atoms with Crippen LogP contribution < -0.4 is 4.90 Å². The zero-order valence-corrected chi connectivity index (χ0v) is 18.0. The van der Waals surface area contributed by atoms with Gasteiger partial charge in [-0.1, -0.05) is 6.07 Å². The summed E-state index contributed by atoms with van der Waals surface area (Å²) < 4.78 is 5.48. The Morgan fingerprint density at radius 2 is 1.84 bits per heavy atom. The molecule has 8 heteroatoms. The van der Waals surface area contributed by atoms with Crippen molar-refractivity contribution in [1.82, 2.24) is 30.0 Å². The number of nitrogens with one attached hydrogen (secondary N) is 1. The van der Waals surface area contributed by atoms with E-state index in [-0.39, 0.29) is 0 Å². The van der Waals surface area contributed by atoms with Crippen molar-refractivity contribution < 1.29 is 4.74 Å². The summed E-state index contributed by atoms with van der Waals surface area (Å²) in [5, 5.41) is 7.35. The molecule has 0 radical (unpaired) electrons. The van der Waals surface area contributed by atoms with E-state index in [4.69, 9.17) is 9.72 Å². The first-order chi connectivity index (χ1) is 15.7. The number of fused-ring (bicyclic) bond motifs is 1. The maximum absolute atomic E-state index is 5.48. The van der Waals surface area contributed by atoms with Gasteiger partial charge in [0.2, 0.25) is 0 Å². The third-order valence-electron chi connectivity index (χ3n) is 6.37. The summed E-state index contributed by atoms with van der Waals surface area (Å²) in [4.78, 5) is 19.1. The standard InChI is InChI=1S/C24H25N7O/c1-16-3-2-4-22(27-16)24-19(13-26-29-24)20-5-6-21-23(28-20)11-17(12-25-21)31-14-18(15-31)30-7-9-32-10-8-30/h2-6,11-13,18H,7-10,14-15H2,1H3,(H,26,29). The lowest BCUT2D eigenvalue weighted by atomic mass is 10.1. The first kappa shape index (κ1) is 19.3. The van der Waals surface area contributed by atoms with Crippen molar-refractivity contribution in [3.05, 3.63) is 54.5 Å². The number of rotatable bonds is 4. The summed E-state index contributed by atoms with van der Waals surface area (Å²) in [5.74, 6) is 0. The maximum Gasteiger partial charge on any atom is 0.0928 e. The fourth-order valence-corrected chi connectivity index (χ4v) is 4.52. The smallest absolute Gasteiger partial charge is 0.0928 e. The van der Waals surface area contributed by atoms with E-state index in [0.29, 0.717) is 6.04 Å². The van der Waals surface area contributed by atoms with Gasteiger partial charge in [-0.2, -0.15) is 5.10 Å². The first-order valence-corrected chi connectivity index (χ1v) is 11.1. The third kappa shape index (κ3) is 3.51. The second-order valence-electron chi connectivity index (χ2n) is 8.46. The van der Waals surface area contributed by atoms with Crippen LogP contribution in [0, 0.1) is 6.92 Å². The molecule has 0 atom stereocenters. The van der Waals surface area contributed by atoms with Crippen LogP contribution in [-0.4, -0.2) is 75.5 Å². The number of aryl methyl sites for hydroxylation is 1. The number of ether oxygens (including phenoxy) is 1. The van der Waals surface area contributed by atoms with Gasteiger partial charge >= 0.3 is 0 Å². The fourth-order valence-electron chi connectivity index (χ4n) is 4.52. The highest BCUT2D eigenvalue weighted by molar-refractivity contribution is 5.84. The highest BCUT2D eigenvalue weighted by Gasteiger charge is 2.33. The zero-order chi connectivity index (χ0) is 21.5. The van der Waals surface area contributed by atoms with Gasteiger partial charge < -0.3 is 9.64 Å². The van der Waals surface area contributed by atoms with Gasteiger partial charge in [-0.15, -0.1) is 0 Å². The Bertz CT molecular complexity index is 1260. The molecule has 8 nitrogen and oxygen atoms in total. The third-order valence-corrected chi connectivity index (χ3v) is 6.37. The molecule has 0 saturated carbocycles. The molecule has 1 N–H and O–H groups in total. The van der Waals surface area contributed by atoms with Crippen LogP contribution in [0.15, 0.2) is 48.8 Å². The van der Waals surface area contributed by atoms with Crippen molar-refractivity contribution in [3.63, 3.8) is 0 Å². The van der Waals surface area contributed by atoms with Crippen molar-refractivity contribution in [2.75, 3.05) is 44.3 Å². The van der Waals surface area contributed by atoms with Gasteiger partial charge in [0.05, 0.1) is 59.4 Å². The van der Waals surface area contributed by atoms with Crippen LogP contribution in [0.1, 0.15) is 5.69 Å². The quantitative estimate of drug-likeness (QED) is 0.536. The monoisotopic (exact) mass is 427 g/mol. The molecule has 0 aliphatic carbocycles. The summed E-state index contributed by atoms with van der Waals surface area (Å²) in [5.41, 5.74) is 7.40. The Morgan fingerprint density at radius 3 is 2.69 bits per heavy atom. The predicted octanol–water partition coefficient (Wildman–Crippen LogP) is 2.91. The van der Waals surface area contributed by atoms with E-state index < -0.39 is 0 Å². The van der Waals surface area contributed by atoms with Gasteiger partial charge in [-0.3, -0.25) is 20.0 Å². The Kier molecular flexibility index (Phi) is 4.81. The molecule has 0 amide bonds. The van der Waals surface area contributed by atoms with Crippen molar-refractivity contribution in [1.29, 1.82) is 0 Å². The van der Waals surface area contributed by atoms with Gasteiger partial charge in [-0.05, 0) is 37.3 Å². The van der Waals surface area contributed by atoms with E-state index in [1.54, 1.807) is 0 Å². The molecule has 6 rings (SSSR count). The van der Waals surface area contributed by atoms with Crippen LogP contribution in [0.2, 0.25) is 0 Å². The van der Waals surface area contributed by atoms with E-state index in [1.807, 2.05) is 49.6 Å². The minimum Gasteiger partial charge on any atom is -0.379 e. The molecule has 0 aromatic carbocycles. The van der Waals surface area contributed by atoms with Gasteiger partial charge in [0.1, 0.15) is 0 Å². The Morgan fingerprint density at radius 1 is 0.969 bits per heavy atom. The van der Waals surface area contributed by atoms with Crippen molar-refractivity contribution in [2.45, 2.75) is 13.0 Å². The fraction of sp³-hybridized carbons (Fsp3) is 0.333. The summed E-state index contributed by atoms with van der Waals surface area (Å²) in [6, 6.07) is 12.7. The van der Waals surface area contributed by atoms with Gasteiger partial charge in [0.25, 0.3) is 0 Å². The van der Waals surface area contributed by atoms with Crippen LogP contribution in [-0.2, 0) is 4.74 Å². The molecule has 2 aliphatic rings. The highest BCUT2D eigenvalue weighted by Crippen LogP contribution is 2.31. The van der Waals surface area contributed by atoms with E-state index >= 15 is 0 Å². The van der Waals surface area contributed by atoms with E-state index in [2.05, 4.69) is 36.0 Å². The van der Waals surface area contributed by atoms with Crippen molar-refractivity contribution in [3.8, 4) is 22.6 Å². The van der Waals surface area contributed by atoms with Crippen LogP contribution in [0.5, 0.6) is 0 Å². The zero-order valence-electron chi connectivity index (χ0n) is 18.0. The average molecular weight is 428 g/mol. The predicted molar refractivity (Wildman–Crippen MR) is 123 cm³/mol. The number of H-pyrrole nitrogens is 1. The molecule has 32 heavy (non-hydrogen) atoms. The highest BCUT2D eigenvalue weighted by atomic mass is 16.5. The molecule has 4 aromatic heterocycles. The Labute approximate surface area is 186 Å². The molecule has 2 fully saturated rings. The number of anilines is 1. The number of pyridine rings is 3. The molecular formula is C24H25N7O. The molecule has 4 aromatic rings. The SMILES string of the molecule is Cc1cccc(-c2[nH]ncc2-c2ccc3ncc(N4CC(N5CCOCC5)C4)cc3n2)n1. The maximum atomic E-state index is 5.48. The van der Waals surface area contributed by atoms with Crippen molar-refractivity contribution in [2.24, 2.45) is 0 Å². The summed E-state index contributed by atoms with van der Waals surface area (Å²) >= 11 is 0. The lowest BCUT2D eigenvalue weighted by molar-refractivity contribution is 0.0105. The summed E-state index contributed by atoms with van der Waals surface area (Å²) in [6.07, 6.45) is 3.77.